The third-order valence-corrected chi connectivity index (χ3v) is 3.39. The highest BCUT2D eigenvalue weighted by Gasteiger charge is 2.26. The molecule has 0 heterocycles. The minimum atomic E-state index is 0.278. The fourth-order valence-corrected chi connectivity index (χ4v) is 2.39. The molecule has 0 spiro atoms. The molecule has 0 N–H and O–H groups in total. The molecule has 1 heteroatoms. The molecule has 1 aliphatic carbocycles. The first-order valence-corrected chi connectivity index (χ1v) is 5.98. The molecule has 0 fully saturated rings. The fourth-order valence-electron chi connectivity index (χ4n) is 2.39. The SMILES string of the molecule is CC1=C(/C=C\C(C)=C\C=O)C(C)(C)CCC1. The summed E-state index contributed by atoms with van der Waals surface area (Å²) in [7, 11) is 0. The Bertz CT molecular complexity index is 354. The average Bonchev–Trinajstić information content (AvgIpc) is 2.16. The van der Waals surface area contributed by atoms with Crippen molar-refractivity contribution in [2.75, 3.05) is 0 Å². The van der Waals surface area contributed by atoms with E-state index in [1.807, 2.05) is 13.0 Å². The van der Waals surface area contributed by atoms with Crippen LogP contribution in [0, 0.1) is 5.41 Å². The van der Waals surface area contributed by atoms with Gasteiger partial charge >= 0.3 is 0 Å². The van der Waals surface area contributed by atoms with Gasteiger partial charge < -0.3 is 0 Å². The summed E-state index contributed by atoms with van der Waals surface area (Å²) < 4.78 is 0. The Kier molecular flexibility index (Phi) is 4.28. The lowest BCUT2D eigenvalue weighted by Crippen LogP contribution is -2.19. The molecule has 0 aromatic rings. The minimum Gasteiger partial charge on any atom is -0.299 e. The van der Waals surface area contributed by atoms with Crippen molar-refractivity contribution in [3.05, 3.63) is 34.9 Å². The molecular weight excluding hydrogens is 196 g/mol. The molecule has 1 aliphatic rings. The van der Waals surface area contributed by atoms with Gasteiger partial charge in [0, 0.05) is 0 Å². The lowest BCUT2D eigenvalue weighted by molar-refractivity contribution is -0.104. The van der Waals surface area contributed by atoms with Crippen molar-refractivity contribution < 1.29 is 4.79 Å². The van der Waals surface area contributed by atoms with Crippen LogP contribution >= 0.6 is 0 Å². The zero-order chi connectivity index (χ0) is 12.2. The highest BCUT2D eigenvalue weighted by Crippen LogP contribution is 2.40. The molecule has 88 valence electrons. The number of carbonyl (C=O) groups excluding carboxylic acids is 1. The highest BCUT2D eigenvalue weighted by atomic mass is 16.1. The number of hydrogen-bond donors (Lipinski definition) is 0. The standard InChI is InChI=1S/C15H22O/c1-12(9-11-16)7-8-14-13(2)6-5-10-15(14,3)4/h7-9,11H,5-6,10H2,1-4H3/b8-7-,12-9+. The Morgan fingerprint density at radius 1 is 1.38 bits per heavy atom. The van der Waals surface area contributed by atoms with Crippen LogP contribution in [0.25, 0.3) is 0 Å². The maximum Gasteiger partial charge on any atom is 0.143 e. The van der Waals surface area contributed by atoms with Gasteiger partial charge in [-0.25, -0.2) is 0 Å². The number of aldehydes is 1. The van der Waals surface area contributed by atoms with Crippen LogP contribution in [-0.4, -0.2) is 6.29 Å². The molecule has 16 heavy (non-hydrogen) atoms. The monoisotopic (exact) mass is 218 g/mol. The van der Waals surface area contributed by atoms with Crippen LogP contribution in [0.5, 0.6) is 0 Å². The molecular formula is C15H22O. The van der Waals surface area contributed by atoms with E-state index in [-0.39, 0.29) is 5.41 Å². The molecule has 0 amide bonds. The van der Waals surface area contributed by atoms with Crippen molar-refractivity contribution in [2.24, 2.45) is 5.41 Å². The van der Waals surface area contributed by atoms with E-state index in [9.17, 15) is 4.79 Å². The van der Waals surface area contributed by atoms with Crippen molar-refractivity contribution in [3.63, 3.8) is 0 Å². The van der Waals surface area contributed by atoms with Crippen molar-refractivity contribution in [1.29, 1.82) is 0 Å². The first kappa shape index (κ1) is 13.0. The number of carbonyl (C=O) groups is 1. The highest BCUT2D eigenvalue weighted by molar-refractivity contribution is 5.67. The maximum absolute atomic E-state index is 10.3. The molecule has 0 unspecified atom stereocenters. The van der Waals surface area contributed by atoms with Gasteiger partial charge in [-0.05, 0) is 55.7 Å². The van der Waals surface area contributed by atoms with Gasteiger partial charge in [0.2, 0.25) is 0 Å². The third-order valence-electron chi connectivity index (χ3n) is 3.39. The summed E-state index contributed by atoms with van der Waals surface area (Å²) in [5.41, 5.74) is 4.22. The Hall–Kier alpha value is -1.11. The smallest absolute Gasteiger partial charge is 0.143 e. The summed E-state index contributed by atoms with van der Waals surface area (Å²) in [5, 5.41) is 0. The summed E-state index contributed by atoms with van der Waals surface area (Å²) >= 11 is 0. The van der Waals surface area contributed by atoms with E-state index in [0.29, 0.717) is 0 Å². The molecule has 0 aliphatic heterocycles. The second-order valence-electron chi connectivity index (χ2n) is 5.31. The predicted molar refractivity (Wildman–Crippen MR) is 69.3 cm³/mol. The summed E-state index contributed by atoms with van der Waals surface area (Å²) in [4.78, 5) is 10.3. The summed E-state index contributed by atoms with van der Waals surface area (Å²) in [6, 6.07) is 0. The third kappa shape index (κ3) is 3.19. The van der Waals surface area contributed by atoms with Crippen LogP contribution in [0.4, 0.5) is 0 Å². The number of rotatable bonds is 3. The molecule has 1 nitrogen and oxygen atoms in total. The molecule has 0 bridgehead atoms. The van der Waals surface area contributed by atoms with Crippen molar-refractivity contribution >= 4 is 6.29 Å². The van der Waals surface area contributed by atoms with E-state index in [1.54, 1.807) is 6.08 Å². The van der Waals surface area contributed by atoms with Gasteiger partial charge in [-0.2, -0.15) is 0 Å². The summed E-state index contributed by atoms with van der Waals surface area (Å²) in [6.07, 6.45) is 10.4. The van der Waals surface area contributed by atoms with Crippen LogP contribution < -0.4 is 0 Å². The van der Waals surface area contributed by atoms with E-state index in [4.69, 9.17) is 0 Å². The minimum absolute atomic E-state index is 0.278. The Labute approximate surface area is 98.9 Å². The van der Waals surface area contributed by atoms with Gasteiger partial charge in [0.05, 0.1) is 0 Å². The number of hydrogen-bond acceptors (Lipinski definition) is 1. The van der Waals surface area contributed by atoms with Gasteiger partial charge in [0.1, 0.15) is 6.29 Å². The molecule has 0 radical (unpaired) electrons. The van der Waals surface area contributed by atoms with Crippen LogP contribution in [0.1, 0.15) is 47.0 Å². The molecule has 0 aromatic carbocycles. The summed E-state index contributed by atoms with van der Waals surface area (Å²) in [6.45, 7) is 8.78. The largest absolute Gasteiger partial charge is 0.299 e. The molecule has 0 aromatic heterocycles. The maximum atomic E-state index is 10.3. The van der Waals surface area contributed by atoms with Gasteiger partial charge in [0.25, 0.3) is 0 Å². The van der Waals surface area contributed by atoms with Crippen LogP contribution in [0.2, 0.25) is 0 Å². The van der Waals surface area contributed by atoms with Gasteiger partial charge in [0.15, 0.2) is 0 Å². The first-order valence-electron chi connectivity index (χ1n) is 5.98. The van der Waals surface area contributed by atoms with E-state index < -0.39 is 0 Å². The molecule has 1 rings (SSSR count). The van der Waals surface area contributed by atoms with Gasteiger partial charge in [-0.3, -0.25) is 4.79 Å². The van der Waals surface area contributed by atoms with Gasteiger partial charge in [-0.1, -0.05) is 31.6 Å². The second-order valence-corrected chi connectivity index (χ2v) is 5.31. The Balaban J connectivity index is 2.93. The molecule has 0 atom stereocenters. The van der Waals surface area contributed by atoms with E-state index >= 15 is 0 Å². The lowest BCUT2D eigenvalue weighted by atomic mass is 9.72. The van der Waals surface area contributed by atoms with Crippen molar-refractivity contribution in [2.45, 2.75) is 47.0 Å². The topological polar surface area (TPSA) is 17.1 Å². The summed E-state index contributed by atoms with van der Waals surface area (Å²) in [5.74, 6) is 0. The van der Waals surface area contributed by atoms with E-state index in [0.717, 1.165) is 11.9 Å². The fraction of sp³-hybridized carbons (Fsp3) is 0.533. The molecule has 0 saturated carbocycles. The first-order chi connectivity index (χ1) is 7.47. The van der Waals surface area contributed by atoms with E-state index in [2.05, 4.69) is 26.8 Å². The average molecular weight is 218 g/mol. The normalized spacial score (nSPS) is 21.6. The number of allylic oxidation sites excluding steroid dienone is 6. The van der Waals surface area contributed by atoms with Crippen molar-refractivity contribution in [1.82, 2.24) is 0 Å². The van der Waals surface area contributed by atoms with Crippen molar-refractivity contribution in [3.8, 4) is 0 Å². The Morgan fingerprint density at radius 3 is 2.62 bits per heavy atom. The quantitative estimate of drug-likeness (QED) is 0.394. The van der Waals surface area contributed by atoms with Crippen LogP contribution in [0.3, 0.4) is 0 Å². The van der Waals surface area contributed by atoms with Crippen LogP contribution in [-0.2, 0) is 4.79 Å². The van der Waals surface area contributed by atoms with Crippen LogP contribution in [0.15, 0.2) is 34.9 Å². The Morgan fingerprint density at radius 2 is 2.06 bits per heavy atom. The van der Waals surface area contributed by atoms with E-state index in [1.165, 1.54) is 30.4 Å². The second kappa shape index (κ2) is 5.29. The molecule has 0 saturated heterocycles. The zero-order valence-electron chi connectivity index (χ0n) is 10.8. The zero-order valence-corrected chi connectivity index (χ0v) is 10.8. The lowest BCUT2D eigenvalue weighted by Gasteiger charge is -2.32. The van der Waals surface area contributed by atoms with Gasteiger partial charge in [-0.15, -0.1) is 0 Å². The predicted octanol–water partition coefficient (Wildman–Crippen LogP) is 4.21.